The molecule has 0 unspecified atom stereocenters. The number of nitrogens with zero attached hydrogens (tertiary/aromatic N) is 3. The van der Waals surface area contributed by atoms with Crippen LogP contribution < -0.4 is 10.9 Å². The maximum absolute atomic E-state index is 12.7. The number of carbonyl (C=O) groups excluding carboxylic acids is 1. The molecule has 0 aliphatic heterocycles. The molecule has 26 heavy (non-hydrogen) atoms. The lowest BCUT2D eigenvalue weighted by Gasteiger charge is -2.07. The molecule has 0 spiro atoms. The van der Waals surface area contributed by atoms with Crippen molar-refractivity contribution in [3.05, 3.63) is 81.9 Å². The summed E-state index contributed by atoms with van der Waals surface area (Å²) in [7, 11) is 1.75. The molecule has 0 fully saturated rings. The summed E-state index contributed by atoms with van der Waals surface area (Å²) in [6.07, 6.45) is 1.67. The zero-order valence-corrected chi connectivity index (χ0v) is 14.6. The standard InChI is InChI=1S/C20H18N4O2/c1-13-6-8-14(9-7-13)12-21-19(25)16-11-15-18(23(16)2)22-17-5-3-4-10-24(17)20(15)26/h3-11H,12H2,1-2H3,(H,21,25). The molecule has 1 N–H and O–H groups in total. The van der Waals surface area contributed by atoms with Crippen LogP contribution in [0.2, 0.25) is 0 Å². The lowest BCUT2D eigenvalue weighted by molar-refractivity contribution is 0.0943. The van der Waals surface area contributed by atoms with E-state index >= 15 is 0 Å². The third kappa shape index (κ3) is 2.65. The highest BCUT2D eigenvalue weighted by Crippen LogP contribution is 2.15. The first kappa shape index (κ1) is 16.1. The monoisotopic (exact) mass is 346 g/mol. The molecular weight excluding hydrogens is 328 g/mol. The largest absolute Gasteiger partial charge is 0.347 e. The summed E-state index contributed by atoms with van der Waals surface area (Å²) < 4.78 is 3.14. The van der Waals surface area contributed by atoms with Crippen LogP contribution in [0.25, 0.3) is 16.7 Å². The minimum absolute atomic E-state index is 0.182. The normalized spacial score (nSPS) is 11.2. The Balaban J connectivity index is 1.69. The molecule has 6 nitrogen and oxygen atoms in total. The Hall–Kier alpha value is -3.41. The molecule has 0 bridgehead atoms. The van der Waals surface area contributed by atoms with Gasteiger partial charge in [-0.15, -0.1) is 0 Å². The third-order valence-corrected chi connectivity index (χ3v) is 4.52. The first-order chi connectivity index (χ1) is 12.5. The van der Waals surface area contributed by atoms with Gasteiger partial charge in [0.15, 0.2) is 0 Å². The van der Waals surface area contributed by atoms with Crippen molar-refractivity contribution in [3.63, 3.8) is 0 Å². The zero-order valence-electron chi connectivity index (χ0n) is 14.6. The van der Waals surface area contributed by atoms with Crippen molar-refractivity contribution in [2.24, 2.45) is 7.05 Å². The molecule has 0 saturated heterocycles. The van der Waals surface area contributed by atoms with E-state index in [1.807, 2.05) is 37.3 Å². The van der Waals surface area contributed by atoms with Gasteiger partial charge in [0.1, 0.15) is 17.0 Å². The number of nitrogens with one attached hydrogen (secondary N) is 1. The molecule has 3 aromatic heterocycles. The highest BCUT2D eigenvalue weighted by atomic mass is 16.2. The molecule has 0 aliphatic carbocycles. The van der Waals surface area contributed by atoms with Gasteiger partial charge in [-0.3, -0.25) is 14.0 Å². The van der Waals surface area contributed by atoms with Gasteiger partial charge >= 0.3 is 0 Å². The summed E-state index contributed by atoms with van der Waals surface area (Å²) in [5, 5.41) is 3.33. The topological polar surface area (TPSA) is 68.4 Å². The molecule has 4 aromatic rings. The van der Waals surface area contributed by atoms with E-state index in [1.54, 1.807) is 36.0 Å². The number of carbonyl (C=O) groups is 1. The van der Waals surface area contributed by atoms with Crippen molar-refractivity contribution < 1.29 is 4.79 Å². The molecular formula is C20H18N4O2. The van der Waals surface area contributed by atoms with Crippen molar-refractivity contribution in [2.45, 2.75) is 13.5 Å². The lowest BCUT2D eigenvalue weighted by Crippen LogP contribution is -2.24. The number of hydrogen-bond donors (Lipinski definition) is 1. The smallest absolute Gasteiger partial charge is 0.268 e. The van der Waals surface area contributed by atoms with E-state index in [2.05, 4.69) is 10.3 Å². The summed E-state index contributed by atoms with van der Waals surface area (Å²) in [5.41, 5.74) is 3.48. The molecule has 0 atom stereocenters. The highest BCUT2D eigenvalue weighted by molar-refractivity contribution is 5.98. The molecule has 6 heteroatoms. The van der Waals surface area contributed by atoms with Gasteiger partial charge in [-0.25, -0.2) is 4.98 Å². The fourth-order valence-electron chi connectivity index (χ4n) is 3.02. The third-order valence-electron chi connectivity index (χ3n) is 4.52. The molecule has 0 radical (unpaired) electrons. The van der Waals surface area contributed by atoms with Crippen molar-refractivity contribution in [1.82, 2.24) is 19.3 Å². The number of rotatable bonds is 3. The van der Waals surface area contributed by atoms with E-state index < -0.39 is 0 Å². The number of pyridine rings is 1. The molecule has 130 valence electrons. The van der Waals surface area contributed by atoms with Gasteiger partial charge in [0.05, 0.1) is 5.39 Å². The van der Waals surface area contributed by atoms with Gasteiger partial charge in [-0.2, -0.15) is 0 Å². The molecule has 0 aliphatic rings. The van der Waals surface area contributed by atoms with E-state index in [4.69, 9.17) is 0 Å². The number of aryl methyl sites for hydroxylation is 2. The maximum atomic E-state index is 12.7. The Kier molecular flexibility index (Phi) is 3.80. The van der Waals surface area contributed by atoms with Crippen LogP contribution in [-0.2, 0) is 13.6 Å². The Morgan fingerprint density at radius 1 is 1.15 bits per heavy atom. The van der Waals surface area contributed by atoms with Crippen LogP contribution in [-0.4, -0.2) is 19.9 Å². The van der Waals surface area contributed by atoms with Crippen LogP contribution in [0.4, 0.5) is 0 Å². The van der Waals surface area contributed by atoms with Gasteiger partial charge in [-0.1, -0.05) is 35.9 Å². The molecule has 1 aromatic carbocycles. The fourth-order valence-corrected chi connectivity index (χ4v) is 3.02. The van der Waals surface area contributed by atoms with Crippen molar-refractivity contribution >= 4 is 22.6 Å². The Bertz CT molecular complexity index is 1190. The quantitative estimate of drug-likeness (QED) is 0.619. The summed E-state index contributed by atoms with van der Waals surface area (Å²) in [4.78, 5) is 29.8. The minimum Gasteiger partial charge on any atom is -0.347 e. The number of hydrogen-bond acceptors (Lipinski definition) is 3. The van der Waals surface area contributed by atoms with Gasteiger partial charge in [0.2, 0.25) is 0 Å². The Morgan fingerprint density at radius 3 is 2.69 bits per heavy atom. The number of aromatic nitrogens is 3. The average molecular weight is 346 g/mol. The second kappa shape index (κ2) is 6.15. The van der Waals surface area contributed by atoms with Crippen LogP contribution in [0.3, 0.4) is 0 Å². The second-order valence-electron chi connectivity index (χ2n) is 6.34. The predicted molar refractivity (Wildman–Crippen MR) is 100 cm³/mol. The lowest BCUT2D eigenvalue weighted by atomic mass is 10.1. The van der Waals surface area contributed by atoms with Crippen LogP contribution >= 0.6 is 0 Å². The maximum Gasteiger partial charge on any atom is 0.268 e. The van der Waals surface area contributed by atoms with Gasteiger partial charge in [-0.05, 0) is 30.7 Å². The zero-order chi connectivity index (χ0) is 18.3. The first-order valence-corrected chi connectivity index (χ1v) is 8.35. The van der Waals surface area contributed by atoms with Crippen molar-refractivity contribution in [3.8, 4) is 0 Å². The van der Waals surface area contributed by atoms with E-state index in [0.29, 0.717) is 28.9 Å². The first-order valence-electron chi connectivity index (χ1n) is 8.35. The number of amides is 1. The summed E-state index contributed by atoms with van der Waals surface area (Å²) in [5.74, 6) is -0.237. The fraction of sp³-hybridized carbons (Fsp3) is 0.150. The Labute approximate surface area is 149 Å². The molecule has 4 rings (SSSR count). The van der Waals surface area contributed by atoms with E-state index in [0.717, 1.165) is 5.56 Å². The summed E-state index contributed by atoms with van der Waals surface area (Å²) >= 11 is 0. The van der Waals surface area contributed by atoms with Crippen molar-refractivity contribution in [1.29, 1.82) is 0 Å². The summed E-state index contributed by atoms with van der Waals surface area (Å²) in [6, 6.07) is 15.0. The second-order valence-corrected chi connectivity index (χ2v) is 6.34. The summed E-state index contributed by atoms with van der Waals surface area (Å²) in [6.45, 7) is 2.45. The van der Waals surface area contributed by atoms with Crippen molar-refractivity contribution in [2.75, 3.05) is 0 Å². The SMILES string of the molecule is Cc1ccc(CNC(=O)c2cc3c(=O)n4ccccc4nc3n2C)cc1. The van der Waals surface area contributed by atoms with E-state index in [-0.39, 0.29) is 11.5 Å². The van der Waals surface area contributed by atoms with E-state index in [1.165, 1.54) is 9.96 Å². The Morgan fingerprint density at radius 2 is 1.92 bits per heavy atom. The van der Waals surface area contributed by atoms with E-state index in [9.17, 15) is 9.59 Å². The van der Waals surface area contributed by atoms with Crippen LogP contribution in [0, 0.1) is 6.92 Å². The predicted octanol–water partition coefficient (Wildman–Crippen LogP) is 2.42. The highest BCUT2D eigenvalue weighted by Gasteiger charge is 2.17. The van der Waals surface area contributed by atoms with Crippen LogP contribution in [0.1, 0.15) is 21.6 Å². The van der Waals surface area contributed by atoms with Crippen LogP contribution in [0.15, 0.2) is 59.5 Å². The number of benzene rings is 1. The molecule has 1 amide bonds. The number of fused-ring (bicyclic) bond motifs is 2. The minimum atomic E-state index is -0.237. The molecule has 3 heterocycles. The average Bonchev–Trinajstić information content (AvgIpc) is 2.98. The van der Waals surface area contributed by atoms with Crippen LogP contribution in [0.5, 0.6) is 0 Å². The van der Waals surface area contributed by atoms with Gasteiger partial charge in [0.25, 0.3) is 11.5 Å². The molecule has 0 saturated carbocycles. The van der Waals surface area contributed by atoms with Gasteiger partial charge in [0, 0.05) is 19.8 Å². The van der Waals surface area contributed by atoms with Gasteiger partial charge < -0.3 is 9.88 Å².